The number of amides is 1. The Kier molecular flexibility index (Phi) is 2.41. The first-order valence-corrected chi connectivity index (χ1v) is 6.72. The summed E-state index contributed by atoms with van der Waals surface area (Å²) in [5, 5.41) is 3.14. The molecule has 3 aliphatic rings. The van der Waals surface area contributed by atoms with Crippen molar-refractivity contribution in [1.82, 2.24) is 10.2 Å². The van der Waals surface area contributed by atoms with Crippen molar-refractivity contribution in [2.24, 2.45) is 5.92 Å². The lowest BCUT2D eigenvalue weighted by atomic mass is 9.99. The van der Waals surface area contributed by atoms with Gasteiger partial charge in [-0.2, -0.15) is 0 Å². The predicted octanol–water partition coefficient (Wildman–Crippen LogP) is 0.849. The number of ether oxygens (including phenoxy) is 2. The molecule has 100 valence electrons. The zero-order valence-electron chi connectivity index (χ0n) is 10.6. The first kappa shape index (κ1) is 11.1. The third kappa shape index (κ3) is 1.85. The van der Waals surface area contributed by atoms with Gasteiger partial charge in [-0.15, -0.1) is 0 Å². The molecule has 19 heavy (non-hydrogen) atoms. The summed E-state index contributed by atoms with van der Waals surface area (Å²) in [6.07, 6.45) is 1.20. The Bertz CT molecular complexity index is 531. The maximum atomic E-state index is 12.3. The van der Waals surface area contributed by atoms with E-state index in [1.54, 1.807) is 18.2 Å². The fourth-order valence-electron chi connectivity index (χ4n) is 3.24. The number of nitrogens with one attached hydrogen (secondary N) is 1. The number of benzene rings is 1. The molecule has 0 spiro atoms. The Hall–Kier alpha value is -1.75. The summed E-state index contributed by atoms with van der Waals surface area (Å²) >= 11 is 0. The third-order valence-electron chi connectivity index (χ3n) is 4.28. The summed E-state index contributed by atoms with van der Waals surface area (Å²) in [5.74, 6) is 1.97. The summed E-state index contributed by atoms with van der Waals surface area (Å²) in [5.41, 5.74) is 0.641. The van der Waals surface area contributed by atoms with Crippen LogP contribution in [0.5, 0.6) is 11.5 Å². The van der Waals surface area contributed by atoms with Crippen molar-refractivity contribution < 1.29 is 14.3 Å². The van der Waals surface area contributed by atoms with Gasteiger partial charge in [0.05, 0.1) is 0 Å². The molecule has 0 aliphatic carbocycles. The molecule has 1 aromatic rings. The Balaban J connectivity index is 1.48. The number of carbonyl (C=O) groups excluding carboxylic acids is 1. The Labute approximate surface area is 111 Å². The van der Waals surface area contributed by atoms with Crippen molar-refractivity contribution in [1.29, 1.82) is 0 Å². The van der Waals surface area contributed by atoms with Crippen molar-refractivity contribution in [3.63, 3.8) is 0 Å². The molecule has 3 atom stereocenters. The highest BCUT2D eigenvalue weighted by Gasteiger charge is 2.38. The van der Waals surface area contributed by atoms with Crippen molar-refractivity contribution in [2.75, 3.05) is 26.4 Å². The molecule has 4 rings (SSSR count). The SMILES string of the molecule is O=C(N[C@H]1CN2CC[C@H]1C2)c1ccc2c(c1)OCO2. The number of rotatable bonds is 2. The molecule has 1 unspecified atom stereocenters. The van der Waals surface area contributed by atoms with E-state index >= 15 is 0 Å². The molecule has 0 saturated carbocycles. The molecule has 3 heterocycles. The molecule has 2 saturated heterocycles. The van der Waals surface area contributed by atoms with Crippen LogP contribution in [0.2, 0.25) is 0 Å². The lowest BCUT2D eigenvalue weighted by molar-refractivity contribution is 0.0924. The van der Waals surface area contributed by atoms with Crippen molar-refractivity contribution in [2.45, 2.75) is 12.5 Å². The van der Waals surface area contributed by atoms with Gasteiger partial charge in [-0.05, 0) is 37.1 Å². The molecule has 1 N–H and O–H groups in total. The van der Waals surface area contributed by atoms with E-state index in [4.69, 9.17) is 9.47 Å². The summed E-state index contributed by atoms with van der Waals surface area (Å²) in [4.78, 5) is 14.7. The second-order valence-corrected chi connectivity index (χ2v) is 5.46. The van der Waals surface area contributed by atoms with Gasteiger partial charge in [0, 0.05) is 24.7 Å². The average molecular weight is 260 g/mol. The van der Waals surface area contributed by atoms with Gasteiger partial charge in [0.1, 0.15) is 0 Å². The Morgan fingerprint density at radius 1 is 1.26 bits per heavy atom. The highest BCUT2D eigenvalue weighted by molar-refractivity contribution is 5.95. The molecule has 1 amide bonds. The lowest BCUT2D eigenvalue weighted by Crippen LogP contribution is -2.43. The number of hydrogen-bond donors (Lipinski definition) is 1. The molecular formula is C14H16N2O3. The van der Waals surface area contributed by atoms with E-state index in [9.17, 15) is 4.79 Å². The molecule has 0 aromatic heterocycles. The van der Waals surface area contributed by atoms with E-state index in [0.717, 1.165) is 13.1 Å². The topological polar surface area (TPSA) is 50.8 Å². The smallest absolute Gasteiger partial charge is 0.251 e. The summed E-state index contributed by atoms with van der Waals surface area (Å²) in [7, 11) is 0. The minimum absolute atomic E-state index is 0.0166. The van der Waals surface area contributed by atoms with Crippen LogP contribution >= 0.6 is 0 Å². The van der Waals surface area contributed by atoms with Gasteiger partial charge in [-0.1, -0.05) is 0 Å². The predicted molar refractivity (Wildman–Crippen MR) is 68.4 cm³/mol. The first-order chi connectivity index (χ1) is 9.29. The van der Waals surface area contributed by atoms with Crippen LogP contribution in [0.3, 0.4) is 0 Å². The summed E-state index contributed by atoms with van der Waals surface area (Å²) in [6.45, 7) is 3.54. The van der Waals surface area contributed by atoms with Crippen LogP contribution in [-0.4, -0.2) is 43.3 Å². The van der Waals surface area contributed by atoms with Crippen LogP contribution in [0.15, 0.2) is 18.2 Å². The normalized spacial score (nSPS) is 30.6. The lowest BCUT2D eigenvalue weighted by Gasteiger charge is -2.23. The molecule has 5 heteroatoms. The molecule has 3 aliphatic heterocycles. The summed E-state index contributed by atoms with van der Waals surface area (Å²) < 4.78 is 10.5. The fraction of sp³-hybridized carbons (Fsp3) is 0.500. The number of carbonyl (C=O) groups is 1. The standard InChI is InChI=1S/C14H16N2O3/c17-14(15-11-7-16-4-3-10(11)6-16)9-1-2-12-13(5-9)19-8-18-12/h1-2,5,10-11H,3-4,6-8H2,(H,15,17)/t10-,11-/m0/s1. The molecule has 2 bridgehead atoms. The van der Waals surface area contributed by atoms with E-state index in [1.165, 1.54) is 13.0 Å². The van der Waals surface area contributed by atoms with E-state index in [-0.39, 0.29) is 12.7 Å². The minimum atomic E-state index is -0.0166. The van der Waals surface area contributed by atoms with Gasteiger partial charge >= 0.3 is 0 Å². The fourth-order valence-corrected chi connectivity index (χ4v) is 3.24. The molecule has 0 radical (unpaired) electrons. The number of fused-ring (bicyclic) bond motifs is 3. The zero-order valence-corrected chi connectivity index (χ0v) is 10.6. The van der Waals surface area contributed by atoms with E-state index in [0.29, 0.717) is 29.0 Å². The van der Waals surface area contributed by atoms with Crippen LogP contribution in [0.25, 0.3) is 0 Å². The van der Waals surface area contributed by atoms with Gasteiger partial charge in [-0.3, -0.25) is 4.79 Å². The maximum absolute atomic E-state index is 12.3. The van der Waals surface area contributed by atoms with Crippen molar-refractivity contribution in [3.05, 3.63) is 23.8 Å². The highest BCUT2D eigenvalue weighted by Crippen LogP contribution is 2.33. The Morgan fingerprint density at radius 2 is 2.16 bits per heavy atom. The number of hydrogen-bond acceptors (Lipinski definition) is 4. The Morgan fingerprint density at radius 3 is 2.95 bits per heavy atom. The first-order valence-electron chi connectivity index (χ1n) is 6.72. The average Bonchev–Trinajstić information content (AvgIpc) is 3.13. The van der Waals surface area contributed by atoms with Crippen LogP contribution in [-0.2, 0) is 0 Å². The maximum Gasteiger partial charge on any atom is 0.251 e. The molecular weight excluding hydrogens is 244 g/mol. The van der Waals surface area contributed by atoms with Gasteiger partial charge < -0.3 is 19.7 Å². The minimum Gasteiger partial charge on any atom is -0.454 e. The van der Waals surface area contributed by atoms with Crippen LogP contribution in [0.4, 0.5) is 0 Å². The number of nitrogens with zero attached hydrogens (tertiary/aromatic N) is 1. The van der Waals surface area contributed by atoms with Crippen LogP contribution in [0, 0.1) is 5.92 Å². The van der Waals surface area contributed by atoms with E-state index in [1.807, 2.05) is 0 Å². The van der Waals surface area contributed by atoms with Crippen LogP contribution in [0.1, 0.15) is 16.8 Å². The number of piperidine rings is 1. The molecule has 1 aromatic carbocycles. The quantitative estimate of drug-likeness (QED) is 0.856. The third-order valence-corrected chi connectivity index (χ3v) is 4.28. The highest BCUT2D eigenvalue weighted by atomic mass is 16.7. The second-order valence-electron chi connectivity index (χ2n) is 5.46. The van der Waals surface area contributed by atoms with Gasteiger partial charge in [0.2, 0.25) is 6.79 Å². The van der Waals surface area contributed by atoms with E-state index in [2.05, 4.69) is 10.2 Å². The van der Waals surface area contributed by atoms with Gasteiger partial charge in [0.15, 0.2) is 11.5 Å². The van der Waals surface area contributed by atoms with Crippen molar-refractivity contribution >= 4 is 5.91 Å². The largest absolute Gasteiger partial charge is 0.454 e. The second kappa shape index (κ2) is 4.13. The van der Waals surface area contributed by atoms with E-state index < -0.39 is 0 Å². The van der Waals surface area contributed by atoms with Gasteiger partial charge in [-0.25, -0.2) is 0 Å². The van der Waals surface area contributed by atoms with Gasteiger partial charge in [0.25, 0.3) is 5.91 Å². The molecule has 2 fully saturated rings. The van der Waals surface area contributed by atoms with Crippen molar-refractivity contribution in [3.8, 4) is 11.5 Å². The molecule has 5 nitrogen and oxygen atoms in total. The van der Waals surface area contributed by atoms with Crippen LogP contribution < -0.4 is 14.8 Å². The monoisotopic (exact) mass is 260 g/mol. The zero-order chi connectivity index (χ0) is 12.8. The summed E-state index contributed by atoms with van der Waals surface area (Å²) in [6, 6.07) is 5.63.